The van der Waals surface area contributed by atoms with Crippen LogP contribution in [-0.4, -0.2) is 26.1 Å². The maximum absolute atomic E-state index is 12.4. The average Bonchev–Trinajstić information content (AvgIpc) is 2.79. The maximum atomic E-state index is 12.4. The molecule has 8 heteroatoms. The molecule has 0 saturated carbocycles. The second-order valence-corrected chi connectivity index (χ2v) is 9.85. The van der Waals surface area contributed by atoms with Crippen LogP contribution in [0.5, 0.6) is 0 Å². The molecule has 3 amide bonds. The lowest BCUT2D eigenvalue weighted by atomic mass is 10.1. The van der Waals surface area contributed by atoms with E-state index in [9.17, 15) is 18.0 Å². The Morgan fingerprint density at radius 2 is 1.39 bits per heavy atom. The maximum Gasteiger partial charge on any atom is 0.323 e. The lowest BCUT2D eigenvalue weighted by Gasteiger charge is -2.15. The van der Waals surface area contributed by atoms with Crippen LogP contribution < -0.4 is 16.0 Å². The van der Waals surface area contributed by atoms with Gasteiger partial charge in [-0.15, -0.1) is 0 Å². The van der Waals surface area contributed by atoms with Crippen molar-refractivity contribution in [3.8, 4) is 0 Å². The molecule has 3 aromatic carbocycles. The van der Waals surface area contributed by atoms with Gasteiger partial charge >= 0.3 is 6.03 Å². The summed E-state index contributed by atoms with van der Waals surface area (Å²) >= 11 is 0. The highest BCUT2D eigenvalue weighted by molar-refractivity contribution is 7.91. The molecule has 0 spiro atoms. The molecular formula is C25H27N3O4S. The van der Waals surface area contributed by atoms with E-state index in [0.717, 1.165) is 11.1 Å². The summed E-state index contributed by atoms with van der Waals surface area (Å²) in [6, 6.07) is 22.1. The van der Waals surface area contributed by atoms with E-state index in [1.54, 1.807) is 60.7 Å². The predicted molar refractivity (Wildman–Crippen MR) is 130 cm³/mol. The third-order valence-electron chi connectivity index (χ3n) is 5.06. The van der Waals surface area contributed by atoms with Crippen LogP contribution in [0.1, 0.15) is 30.5 Å². The summed E-state index contributed by atoms with van der Waals surface area (Å²) in [5, 5.41) is 8.31. The molecule has 0 fully saturated rings. The molecule has 33 heavy (non-hydrogen) atoms. The Morgan fingerprint density at radius 3 is 2.00 bits per heavy atom. The minimum Gasteiger partial charge on any atom is -0.350 e. The zero-order chi connectivity index (χ0) is 23.8. The Hall–Kier alpha value is -3.65. The molecular weight excluding hydrogens is 438 g/mol. The van der Waals surface area contributed by atoms with Crippen LogP contribution in [0, 0.1) is 6.92 Å². The molecule has 3 aromatic rings. The van der Waals surface area contributed by atoms with Crippen LogP contribution in [0.2, 0.25) is 0 Å². The van der Waals surface area contributed by atoms with Gasteiger partial charge in [-0.1, -0.05) is 48.0 Å². The molecule has 1 unspecified atom stereocenters. The first-order valence-electron chi connectivity index (χ1n) is 10.5. The van der Waals surface area contributed by atoms with Crippen LogP contribution in [-0.2, 0) is 14.6 Å². The Bertz CT molecular complexity index is 1190. The quantitative estimate of drug-likeness (QED) is 0.449. The number of para-hydroxylation sites is 1. The number of carbonyl (C=O) groups is 2. The molecule has 0 aromatic heterocycles. The summed E-state index contributed by atoms with van der Waals surface area (Å²) < 4.78 is 24.9. The SMILES string of the molecule is Cc1ccc(S(=O)(=O)CCC(=O)NC(C)c2ccc(NC(=O)Nc3ccccc3)cc2)cc1. The van der Waals surface area contributed by atoms with Crippen molar-refractivity contribution in [1.29, 1.82) is 0 Å². The standard InChI is InChI=1S/C25H27N3O4S/c1-18-8-14-23(15-9-18)33(31,32)17-16-24(29)26-19(2)20-10-12-22(13-11-20)28-25(30)27-21-6-4-3-5-7-21/h3-15,19H,16-17H2,1-2H3,(H,26,29)(H2,27,28,30). The molecule has 7 nitrogen and oxygen atoms in total. The van der Waals surface area contributed by atoms with Gasteiger partial charge in [0.15, 0.2) is 9.84 Å². The van der Waals surface area contributed by atoms with Gasteiger partial charge in [-0.2, -0.15) is 0 Å². The zero-order valence-corrected chi connectivity index (χ0v) is 19.4. The molecule has 0 radical (unpaired) electrons. The molecule has 0 aliphatic rings. The molecule has 3 N–H and O–H groups in total. The fraction of sp³-hybridized carbons (Fsp3) is 0.200. The number of amides is 3. The number of rotatable bonds is 8. The van der Waals surface area contributed by atoms with Gasteiger partial charge in [0.2, 0.25) is 5.91 Å². The summed E-state index contributed by atoms with van der Waals surface area (Å²) in [6.07, 6.45) is -0.125. The Balaban J connectivity index is 1.49. The Labute approximate surface area is 194 Å². The normalized spacial score (nSPS) is 11.9. The molecule has 0 saturated heterocycles. The minimum absolute atomic E-state index is 0.125. The van der Waals surface area contributed by atoms with Gasteiger partial charge < -0.3 is 16.0 Å². The minimum atomic E-state index is -3.52. The lowest BCUT2D eigenvalue weighted by Crippen LogP contribution is -2.28. The van der Waals surface area contributed by atoms with Gasteiger partial charge in [-0.25, -0.2) is 13.2 Å². The van der Waals surface area contributed by atoms with Gasteiger partial charge in [-0.05, 0) is 55.8 Å². The number of aryl methyl sites for hydroxylation is 1. The first-order valence-corrected chi connectivity index (χ1v) is 12.2. The number of hydrogen-bond acceptors (Lipinski definition) is 4. The van der Waals surface area contributed by atoms with Crippen LogP contribution in [0.3, 0.4) is 0 Å². The Morgan fingerprint density at radius 1 is 0.818 bits per heavy atom. The largest absolute Gasteiger partial charge is 0.350 e. The van der Waals surface area contributed by atoms with Crippen molar-refractivity contribution in [3.05, 3.63) is 90.0 Å². The van der Waals surface area contributed by atoms with Gasteiger partial charge in [0.25, 0.3) is 0 Å². The smallest absolute Gasteiger partial charge is 0.323 e. The van der Waals surface area contributed by atoms with E-state index in [0.29, 0.717) is 11.4 Å². The van der Waals surface area contributed by atoms with E-state index < -0.39 is 9.84 Å². The van der Waals surface area contributed by atoms with E-state index in [2.05, 4.69) is 16.0 Å². The van der Waals surface area contributed by atoms with E-state index in [1.165, 1.54) is 0 Å². The second kappa shape index (κ2) is 10.8. The fourth-order valence-corrected chi connectivity index (χ4v) is 4.40. The molecule has 0 heterocycles. The molecule has 0 aliphatic carbocycles. The van der Waals surface area contributed by atoms with E-state index in [1.807, 2.05) is 32.0 Å². The van der Waals surface area contributed by atoms with E-state index in [-0.39, 0.29) is 35.0 Å². The molecule has 0 bridgehead atoms. The van der Waals surface area contributed by atoms with E-state index in [4.69, 9.17) is 0 Å². The van der Waals surface area contributed by atoms with Crippen molar-refractivity contribution >= 4 is 33.2 Å². The number of nitrogens with one attached hydrogen (secondary N) is 3. The number of benzene rings is 3. The van der Waals surface area contributed by atoms with Crippen molar-refractivity contribution in [1.82, 2.24) is 5.32 Å². The van der Waals surface area contributed by atoms with Crippen LogP contribution >= 0.6 is 0 Å². The molecule has 172 valence electrons. The zero-order valence-electron chi connectivity index (χ0n) is 18.5. The number of sulfone groups is 1. The molecule has 1 atom stereocenters. The molecule has 0 aliphatic heterocycles. The first kappa shape index (κ1) is 24.0. The first-order chi connectivity index (χ1) is 15.7. The summed E-state index contributed by atoms with van der Waals surface area (Å²) in [5.74, 6) is -0.601. The van der Waals surface area contributed by atoms with Crippen molar-refractivity contribution in [2.75, 3.05) is 16.4 Å². The van der Waals surface area contributed by atoms with Gasteiger partial charge in [0.1, 0.15) is 0 Å². The third kappa shape index (κ3) is 7.18. The summed E-state index contributed by atoms with van der Waals surface area (Å²) in [5.41, 5.74) is 3.10. The number of anilines is 2. The number of hydrogen-bond donors (Lipinski definition) is 3. The van der Waals surface area contributed by atoms with Gasteiger partial charge in [-0.3, -0.25) is 4.79 Å². The van der Waals surface area contributed by atoms with Crippen molar-refractivity contribution in [3.63, 3.8) is 0 Å². The van der Waals surface area contributed by atoms with Crippen LogP contribution in [0.4, 0.5) is 16.2 Å². The number of urea groups is 1. The van der Waals surface area contributed by atoms with Crippen molar-refractivity contribution < 1.29 is 18.0 Å². The monoisotopic (exact) mass is 465 g/mol. The second-order valence-electron chi connectivity index (χ2n) is 7.74. The molecule has 3 rings (SSSR count). The van der Waals surface area contributed by atoms with Gasteiger partial charge in [0, 0.05) is 17.8 Å². The highest BCUT2D eigenvalue weighted by Crippen LogP contribution is 2.18. The fourth-order valence-electron chi connectivity index (χ4n) is 3.16. The van der Waals surface area contributed by atoms with E-state index >= 15 is 0 Å². The van der Waals surface area contributed by atoms with Gasteiger partial charge in [0.05, 0.1) is 16.7 Å². The topological polar surface area (TPSA) is 104 Å². The lowest BCUT2D eigenvalue weighted by molar-refractivity contribution is -0.121. The summed E-state index contributed by atoms with van der Waals surface area (Å²) in [4.78, 5) is 24.6. The van der Waals surface area contributed by atoms with Crippen molar-refractivity contribution in [2.24, 2.45) is 0 Å². The Kier molecular flexibility index (Phi) is 7.84. The summed E-state index contributed by atoms with van der Waals surface area (Å²) in [7, 11) is -3.52. The highest BCUT2D eigenvalue weighted by Gasteiger charge is 2.17. The van der Waals surface area contributed by atoms with Crippen molar-refractivity contribution in [2.45, 2.75) is 31.2 Å². The summed E-state index contributed by atoms with van der Waals surface area (Å²) in [6.45, 7) is 3.70. The highest BCUT2D eigenvalue weighted by atomic mass is 32.2. The third-order valence-corrected chi connectivity index (χ3v) is 6.79. The number of carbonyl (C=O) groups excluding carboxylic acids is 2. The average molecular weight is 466 g/mol. The van der Waals surface area contributed by atoms with Crippen LogP contribution in [0.15, 0.2) is 83.8 Å². The van der Waals surface area contributed by atoms with Crippen LogP contribution in [0.25, 0.3) is 0 Å². The predicted octanol–water partition coefficient (Wildman–Crippen LogP) is 4.68.